The van der Waals surface area contributed by atoms with Crippen molar-refractivity contribution < 1.29 is 18.0 Å². The third-order valence-electron chi connectivity index (χ3n) is 6.64. The lowest BCUT2D eigenvalue weighted by Gasteiger charge is -2.32. The summed E-state index contributed by atoms with van der Waals surface area (Å²) < 4.78 is 26.5. The molecule has 9 heteroatoms. The van der Waals surface area contributed by atoms with Crippen molar-refractivity contribution in [3.63, 3.8) is 0 Å². The number of rotatable bonds is 10. The lowest BCUT2D eigenvalue weighted by atomic mass is 10.0. The van der Waals surface area contributed by atoms with Gasteiger partial charge in [-0.1, -0.05) is 62.6 Å². The number of anilines is 1. The molecule has 1 aliphatic rings. The maximum absolute atomic E-state index is 13.6. The summed E-state index contributed by atoms with van der Waals surface area (Å²) in [4.78, 5) is 28.1. The van der Waals surface area contributed by atoms with Gasteiger partial charge in [-0.15, -0.1) is 0 Å². The summed E-state index contributed by atoms with van der Waals surface area (Å²) in [6, 6.07) is 13.5. The van der Waals surface area contributed by atoms with Crippen molar-refractivity contribution in [1.29, 1.82) is 0 Å². The monoisotopic (exact) mass is 533 g/mol. The van der Waals surface area contributed by atoms with E-state index in [1.165, 1.54) is 4.90 Å². The number of amides is 2. The Bertz CT molecular complexity index is 1160. The van der Waals surface area contributed by atoms with Crippen molar-refractivity contribution in [2.75, 3.05) is 17.1 Å². The molecule has 0 unspecified atom stereocenters. The molecule has 3 rings (SSSR count). The summed E-state index contributed by atoms with van der Waals surface area (Å²) >= 11 is 6.15. The minimum atomic E-state index is -3.76. The zero-order valence-electron chi connectivity index (χ0n) is 21.4. The molecule has 1 atom stereocenters. The van der Waals surface area contributed by atoms with E-state index in [9.17, 15) is 18.0 Å². The van der Waals surface area contributed by atoms with Crippen LogP contribution >= 0.6 is 11.6 Å². The molecular formula is C27H36ClN3O4S. The van der Waals surface area contributed by atoms with Gasteiger partial charge < -0.3 is 10.2 Å². The molecule has 1 aliphatic carbocycles. The van der Waals surface area contributed by atoms with Crippen LogP contribution in [0.1, 0.15) is 63.5 Å². The second-order valence-electron chi connectivity index (χ2n) is 9.83. The van der Waals surface area contributed by atoms with Gasteiger partial charge in [0.15, 0.2) is 0 Å². The van der Waals surface area contributed by atoms with Crippen LogP contribution in [0.3, 0.4) is 0 Å². The highest BCUT2D eigenvalue weighted by molar-refractivity contribution is 7.92. The highest BCUT2D eigenvalue weighted by Crippen LogP contribution is 2.23. The Kier molecular flexibility index (Phi) is 9.41. The fourth-order valence-corrected chi connectivity index (χ4v) is 5.51. The number of carbonyl (C=O) groups is 2. The quantitative estimate of drug-likeness (QED) is 0.479. The first-order valence-electron chi connectivity index (χ1n) is 12.4. The minimum absolute atomic E-state index is 0.107. The molecule has 1 saturated carbocycles. The Morgan fingerprint density at radius 1 is 1.06 bits per heavy atom. The van der Waals surface area contributed by atoms with E-state index in [1.807, 2.05) is 18.2 Å². The molecule has 36 heavy (non-hydrogen) atoms. The number of hydrogen-bond donors (Lipinski definition) is 1. The van der Waals surface area contributed by atoms with Crippen LogP contribution in [0, 0.1) is 0 Å². The van der Waals surface area contributed by atoms with Gasteiger partial charge in [0.2, 0.25) is 21.8 Å². The Balaban J connectivity index is 1.87. The van der Waals surface area contributed by atoms with E-state index in [0.29, 0.717) is 16.6 Å². The summed E-state index contributed by atoms with van der Waals surface area (Å²) in [7, 11) is -3.76. The molecule has 7 nitrogen and oxygen atoms in total. The van der Waals surface area contributed by atoms with E-state index in [1.54, 1.807) is 37.3 Å². The maximum Gasteiger partial charge on any atom is 0.244 e. The first-order valence-corrected chi connectivity index (χ1v) is 14.6. The van der Waals surface area contributed by atoms with E-state index in [0.717, 1.165) is 47.4 Å². The fraction of sp³-hybridized carbons (Fsp3) is 0.481. The Morgan fingerprint density at radius 2 is 1.69 bits per heavy atom. The maximum atomic E-state index is 13.6. The Morgan fingerprint density at radius 3 is 2.25 bits per heavy atom. The summed E-state index contributed by atoms with van der Waals surface area (Å²) in [6.45, 7) is 5.50. The zero-order valence-corrected chi connectivity index (χ0v) is 23.0. The highest BCUT2D eigenvalue weighted by Gasteiger charge is 2.31. The molecule has 196 valence electrons. The smallest absolute Gasteiger partial charge is 0.244 e. The molecule has 0 aliphatic heterocycles. The second-order valence-corrected chi connectivity index (χ2v) is 12.2. The van der Waals surface area contributed by atoms with Crippen LogP contribution in [0.4, 0.5) is 5.69 Å². The summed E-state index contributed by atoms with van der Waals surface area (Å²) in [5.41, 5.74) is 2.22. The van der Waals surface area contributed by atoms with E-state index in [2.05, 4.69) is 19.2 Å². The van der Waals surface area contributed by atoms with Crippen LogP contribution < -0.4 is 9.62 Å². The normalized spacial score (nSPS) is 15.1. The number of sulfonamides is 1. The van der Waals surface area contributed by atoms with Crippen LogP contribution in [-0.2, 0) is 26.2 Å². The van der Waals surface area contributed by atoms with Gasteiger partial charge in [0, 0.05) is 17.6 Å². The van der Waals surface area contributed by atoms with E-state index in [-0.39, 0.29) is 18.5 Å². The number of carbonyl (C=O) groups excluding carboxylic acids is 2. The minimum Gasteiger partial charge on any atom is -0.352 e. The molecule has 1 fully saturated rings. The van der Waals surface area contributed by atoms with Gasteiger partial charge >= 0.3 is 0 Å². The highest BCUT2D eigenvalue weighted by atomic mass is 35.5. The zero-order chi connectivity index (χ0) is 26.5. The number of halogens is 1. The van der Waals surface area contributed by atoms with Gasteiger partial charge in [-0.3, -0.25) is 13.9 Å². The molecule has 0 spiro atoms. The summed E-state index contributed by atoms with van der Waals surface area (Å²) in [5, 5.41) is 3.57. The van der Waals surface area contributed by atoms with Gasteiger partial charge in [-0.25, -0.2) is 8.42 Å². The predicted octanol–water partition coefficient (Wildman–Crippen LogP) is 4.71. The van der Waals surface area contributed by atoms with Crippen LogP contribution in [-0.4, -0.2) is 50.0 Å². The van der Waals surface area contributed by atoms with Crippen molar-refractivity contribution in [2.45, 2.75) is 71.0 Å². The molecule has 0 radical (unpaired) electrons. The first-order chi connectivity index (χ1) is 17.0. The van der Waals surface area contributed by atoms with Gasteiger partial charge in [-0.05, 0) is 61.1 Å². The molecule has 2 amide bonds. The largest absolute Gasteiger partial charge is 0.352 e. The van der Waals surface area contributed by atoms with Gasteiger partial charge in [0.05, 0.1) is 11.9 Å². The Labute approximate surface area is 219 Å². The number of nitrogens with one attached hydrogen (secondary N) is 1. The average Bonchev–Trinajstić information content (AvgIpc) is 3.33. The van der Waals surface area contributed by atoms with Crippen molar-refractivity contribution in [3.8, 4) is 0 Å². The van der Waals surface area contributed by atoms with E-state index >= 15 is 0 Å². The Hall–Kier alpha value is -2.58. The lowest BCUT2D eigenvalue weighted by molar-refractivity contribution is -0.139. The first kappa shape index (κ1) is 28.0. The van der Waals surface area contributed by atoms with Gasteiger partial charge in [0.1, 0.15) is 12.6 Å². The number of nitrogens with zero attached hydrogens (tertiary/aromatic N) is 2. The summed E-state index contributed by atoms with van der Waals surface area (Å²) in [6.07, 6.45) is 5.07. The van der Waals surface area contributed by atoms with Crippen LogP contribution in [0.15, 0.2) is 48.5 Å². The average molecular weight is 534 g/mol. The van der Waals surface area contributed by atoms with Crippen LogP contribution in [0.2, 0.25) is 5.02 Å². The molecule has 2 aromatic rings. The van der Waals surface area contributed by atoms with E-state index < -0.39 is 28.5 Å². The van der Waals surface area contributed by atoms with Crippen molar-refractivity contribution >= 4 is 39.1 Å². The predicted molar refractivity (Wildman–Crippen MR) is 145 cm³/mol. The molecule has 1 N–H and O–H groups in total. The lowest BCUT2D eigenvalue weighted by Crippen LogP contribution is -2.52. The van der Waals surface area contributed by atoms with Gasteiger partial charge in [0.25, 0.3) is 0 Å². The molecular weight excluding hydrogens is 498 g/mol. The molecule has 0 aromatic heterocycles. The number of benzene rings is 2. The SMILES string of the molecule is CC(C)c1ccc(N(CC(=O)N(Cc2cccc(Cl)c2)[C@@H](C)C(=O)NC2CCCC2)S(C)(=O)=O)cc1. The summed E-state index contributed by atoms with van der Waals surface area (Å²) in [5.74, 6) is -0.424. The molecule has 0 bridgehead atoms. The topological polar surface area (TPSA) is 86.8 Å². The van der Waals surface area contributed by atoms with Crippen molar-refractivity contribution in [1.82, 2.24) is 10.2 Å². The van der Waals surface area contributed by atoms with Crippen LogP contribution in [0.5, 0.6) is 0 Å². The van der Waals surface area contributed by atoms with Crippen LogP contribution in [0.25, 0.3) is 0 Å². The molecule has 2 aromatic carbocycles. The third-order valence-corrected chi connectivity index (χ3v) is 8.01. The third kappa shape index (κ3) is 7.46. The van der Waals surface area contributed by atoms with Gasteiger partial charge in [-0.2, -0.15) is 0 Å². The van der Waals surface area contributed by atoms with Crippen molar-refractivity contribution in [2.24, 2.45) is 0 Å². The molecule has 0 heterocycles. The van der Waals surface area contributed by atoms with Crippen molar-refractivity contribution in [3.05, 3.63) is 64.7 Å². The van der Waals surface area contributed by atoms with E-state index in [4.69, 9.17) is 11.6 Å². The standard InChI is InChI=1S/C27H36ClN3O4S/c1-19(2)22-12-14-25(15-13-22)31(36(4,34)35)18-26(32)30(17-21-8-7-9-23(28)16-21)20(3)27(33)29-24-10-5-6-11-24/h7-9,12-16,19-20,24H,5-6,10-11,17-18H2,1-4H3,(H,29,33)/t20-/m0/s1. The fourth-order valence-electron chi connectivity index (χ4n) is 4.45. The number of hydrogen-bond acceptors (Lipinski definition) is 4. The molecule has 0 saturated heterocycles. The second kappa shape index (κ2) is 12.1.